The van der Waals surface area contributed by atoms with Crippen LogP contribution >= 0.6 is 0 Å². The largest absolute Gasteiger partial charge is 0.462 e. The molecule has 1 aromatic carbocycles. The van der Waals surface area contributed by atoms with E-state index < -0.39 is 0 Å². The first-order valence-electron chi connectivity index (χ1n) is 9.80. The average molecular weight is 338 g/mol. The molecule has 0 radical (unpaired) electrons. The topological polar surface area (TPSA) is 26.3 Å². The van der Waals surface area contributed by atoms with Gasteiger partial charge in [0.1, 0.15) is 0 Å². The highest BCUT2D eigenvalue weighted by atomic mass is 16.5. The number of carbonyl (C=O) groups is 1. The third kappa shape index (κ3) is 3.34. The van der Waals surface area contributed by atoms with E-state index in [1.807, 2.05) is 32.0 Å². The monoisotopic (exact) mass is 338 g/mol. The van der Waals surface area contributed by atoms with Gasteiger partial charge in [0.25, 0.3) is 0 Å². The number of fused-ring (bicyclic) bond motifs is 1. The summed E-state index contributed by atoms with van der Waals surface area (Å²) in [6.45, 7) is 6.65. The van der Waals surface area contributed by atoms with Gasteiger partial charge in [0, 0.05) is 5.92 Å². The van der Waals surface area contributed by atoms with Crippen LogP contribution in [-0.2, 0) is 4.74 Å². The number of rotatable bonds is 4. The fourth-order valence-corrected chi connectivity index (χ4v) is 5.36. The van der Waals surface area contributed by atoms with Crippen molar-refractivity contribution in [2.45, 2.75) is 65.2 Å². The van der Waals surface area contributed by atoms with Gasteiger partial charge in [-0.3, -0.25) is 0 Å². The van der Waals surface area contributed by atoms with Crippen LogP contribution in [0, 0.1) is 29.1 Å². The van der Waals surface area contributed by atoms with Gasteiger partial charge in [0.2, 0.25) is 0 Å². The first-order valence-corrected chi connectivity index (χ1v) is 9.80. The van der Waals surface area contributed by atoms with Crippen molar-refractivity contribution in [1.82, 2.24) is 0 Å². The molecule has 2 heteroatoms. The highest BCUT2D eigenvalue weighted by molar-refractivity contribution is 5.91. The van der Waals surface area contributed by atoms with Crippen LogP contribution in [0.3, 0.4) is 0 Å². The summed E-state index contributed by atoms with van der Waals surface area (Å²) in [5.74, 6) is 7.89. The summed E-state index contributed by atoms with van der Waals surface area (Å²) >= 11 is 0. The maximum atomic E-state index is 12.5. The number of ether oxygens (including phenoxy) is 1. The molecular formula is C23H30O2. The molecule has 4 atom stereocenters. The summed E-state index contributed by atoms with van der Waals surface area (Å²) in [5, 5.41) is 0. The molecule has 0 aliphatic heterocycles. The lowest BCUT2D eigenvalue weighted by atomic mass is 9.61. The number of hydrogen-bond acceptors (Lipinski definition) is 2. The van der Waals surface area contributed by atoms with Crippen LogP contribution in [0.4, 0.5) is 0 Å². The zero-order chi connectivity index (χ0) is 17.9. The third-order valence-electron chi connectivity index (χ3n) is 6.62. The fourth-order valence-electron chi connectivity index (χ4n) is 5.36. The Morgan fingerprint density at radius 3 is 2.84 bits per heavy atom. The van der Waals surface area contributed by atoms with Crippen molar-refractivity contribution >= 4 is 5.97 Å². The van der Waals surface area contributed by atoms with E-state index >= 15 is 0 Å². The molecule has 0 bridgehead atoms. The van der Waals surface area contributed by atoms with E-state index in [-0.39, 0.29) is 11.9 Å². The maximum absolute atomic E-state index is 12.5. The lowest BCUT2D eigenvalue weighted by Crippen LogP contribution is -2.35. The van der Waals surface area contributed by atoms with Gasteiger partial charge in [-0.2, -0.15) is 0 Å². The van der Waals surface area contributed by atoms with Crippen LogP contribution < -0.4 is 0 Å². The molecule has 0 N–H and O–H groups in total. The van der Waals surface area contributed by atoms with Gasteiger partial charge in [-0.15, -0.1) is 5.92 Å². The summed E-state index contributed by atoms with van der Waals surface area (Å²) in [6, 6.07) is 7.93. The van der Waals surface area contributed by atoms with Gasteiger partial charge in [-0.05, 0) is 68.4 Å². The smallest absolute Gasteiger partial charge is 0.338 e. The number of carbonyl (C=O) groups excluding carboxylic acids is 1. The minimum Gasteiger partial charge on any atom is -0.462 e. The summed E-state index contributed by atoms with van der Waals surface area (Å²) in [6.07, 6.45) is 7.89. The van der Waals surface area contributed by atoms with Crippen molar-refractivity contribution in [3.8, 4) is 11.8 Å². The van der Waals surface area contributed by atoms with Crippen molar-refractivity contribution < 1.29 is 9.53 Å². The van der Waals surface area contributed by atoms with Crippen molar-refractivity contribution in [3.05, 3.63) is 35.4 Å². The Morgan fingerprint density at radius 2 is 2.08 bits per heavy atom. The highest BCUT2D eigenvalue weighted by Crippen LogP contribution is 2.59. The highest BCUT2D eigenvalue weighted by Gasteiger charge is 2.50. The van der Waals surface area contributed by atoms with E-state index in [4.69, 9.17) is 4.74 Å². The van der Waals surface area contributed by atoms with E-state index in [1.54, 1.807) is 0 Å². The van der Waals surface area contributed by atoms with E-state index in [1.165, 1.54) is 38.5 Å². The molecule has 0 amide bonds. The van der Waals surface area contributed by atoms with Crippen molar-refractivity contribution in [3.63, 3.8) is 0 Å². The van der Waals surface area contributed by atoms with Crippen LogP contribution in [0.1, 0.15) is 81.1 Å². The molecule has 2 aliphatic rings. The van der Waals surface area contributed by atoms with Crippen LogP contribution in [0.15, 0.2) is 24.3 Å². The van der Waals surface area contributed by atoms with Crippen molar-refractivity contribution in [2.75, 3.05) is 6.61 Å². The molecule has 134 valence electrons. The van der Waals surface area contributed by atoms with Crippen LogP contribution in [0.2, 0.25) is 0 Å². The van der Waals surface area contributed by atoms with Gasteiger partial charge < -0.3 is 4.74 Å². The minimum atomic E-state index is -0.218. The molecular weight excluding hydrogens is 308 g/mol. The molecule has 2 nitrogen and oxygen atoms in total. The first-order chi connectivity index (χ1) is 12.1. The fraction of sp³-hybridized carbons (Fsp3) is 0.609. The molecule has 1 aromatic rings. The van der Waals surface area contributed by atoms with Crippen LogP contribution in [0.25, 0.3) is 0 Å². The lowest BCUT2D eigenvalue weighted by molar-refractivity contribution is 0.0522. The summed E-state index contributed by atoms with van der Waals surface area (Å²) in [4.78, 5) is 12.5. The average Bonchev–Trinajstić information content (AvgIpc) is 2.97. The summed E-state index contributed by atoms with van der Waals surface area (Å²) in [5.41, 5.74) is 2.11. The second-order valence-corrected chi connectivity index (χ2v) is 7.81. The Kier molecular flexibility index (Phi) is 5.52. The van der Waals surface area contributed by atoms with E-state index in [9.17, 15) is 4.79 Å². The van der Waals surface area contributed by atoms with E-state index in [0.717, 1.165) is 11.5 Å². The van der Waals surface area contributed by atoms with Crippen LogP contribution in [0.5, 0.6) is 0 Å². The molecule has 0 aromatic heterocycles. The predicted octanol–water partition coefficient (Wildman–Crippen LogP) is 5.58. The summed E-state index contributed by atoms with van der Waals surface area (Å²) < 4.78 is 5.30. The maximum Gasteiger partial charge on any atom is 0.338 e. The Hall–Kier alpha value is -1.75. The van der Waals surface area contributed by atoms with Crippen molar-refractivity contribution in [1.29, 1.82) is 0 Å². The van der Waals surface area contributed by atoms with Crippen molar-refractivity contribution in [2.24, 2.45) is 17.3 Å². The Labute approximate surface area is 152 Å². The number of esters is 1. The standard InChI is InChI=1S/C23H30O2/c1-4-10-19(18-12-6-7-13-20(18)22(24)25-5-2)21-15-14-17-11-8-9-16-23(17,21)3/h6-7,12-13,17,19,21H,5,8-9,11,14-16H2,1-3H3. The zero-order valence-corrected chi connectivity index (χ0v) is 15.8. The molecule has 2 saturated carbocycles. The molecule has 25 heavy (non-hydrogen) atoms. The van der Waals surface area contributed by atoms with Gasteiger partial charge in [0.15, 0.2) is 0 Å². The first kappa shape index (κ1) is 18.1. The normalized spacial score (nSPS) is 29.2. The van der Waals surface area contributed by atoms with Gasteiger partial charge in [-0.1, -0.05) is 43.9 Å². The number of hydrogen-bond donors (Lipinski definition) is 0. The lowest BCUT2D eigenvalue weighted by Gasteiger charge is -2.43. The third-order valence-corrected chi connectivity index (χ3v) is 6.62. The Balaban J connectivity index is 2.00. The Bertz CT molecular complexity index is 681. The summed E-state index contributed by atoms with van der Waals surface area (Å²) in [7, 11) is 0. The zero-order valence-electron chi connectivity index (χ0n) is 15.8. The second kappa shape index (κ2) is 7.65. The Morgan fingerprint density at radius 1 is 1.28 bits per heavy atom. The van der Waals surface area contributed by atoms with E-state index in [2.05, 4.69) is 24.8 Å². The van der Waals surface area contributed by atoms with Crippen LogP contribution in [-0.4, -0.2) is 12.6 Å². The second-order valence-electron chi connectivity index (χ2n) is 7.81. The molecule has 0 saturated heterocycles. The van der Waals surface area contributed by atoms with Gasteiger partial charge >= 0.3 is 5.97 Å². The molecule has 2 fully saturated rings. The molecule has 4 unspecified atom stereocenters. The molecule has 0 heterocycles. The van der Waals surface area contributed by atoms with Gasteiger partial charge in [-0.25, -0.2) is 4.79 Å². The molecule has 3 rings (SSSR count). The van der Waals surface area contributed by atoms with Gasteiger partial charge in [0.05, 0.1) is 12.2 Å². The molecule has 0 spiro atoms. The molecule has 2 aliphatic carbocycles. The number of benzene rings is 1. The minimum absolute atomic E-state index is 0.124. The van der Waals surface area contributed by atoms with E-state index in [0.29, 0.717) is 23.5 Å². The SMILES string of the molecule is CC#CC(c1ccccc1C(=O)OCC)C1CCC2CCCCC21C. The predicted molar refractivity (Wildman–Crippen MR) is 101 cm³/mol. The quantitative estimate of drug-likeness (QED) is 0.529.